The van der Waals surface area contributed by atoms with Crippen molar-refractivity contribution in [2.24, 2.45) is 0 Å². The van der Waals surface area contributed by atoms with Gasteiger partial charge in [0, 0.05) is 6.20 Å². The summed E-state index contributed by atoms with van der Waals surface area (Å²) in [5, 5.41) is 0. The lowest BCUT2D eigenvalue weighted by Gasteiger charge is -2.25. The Kier molecular flexibility index (Phi) is 4.15. The molecule has 6 heteroatoms. The van der Waals surface area contributed by atoms with E-state index in [1.165, 1.54) is 7.11 Å². The number of hydrogen-bond acceptors (Lipinski definition) is 4. The quantitative estimate of drug-likeness (QED) is 0.805. The van der Waals surface area contributed by atoms with Crippen LogP contribution in [0.5, 0.6) is 0 Å². The molecule has 0 aliphatic carbocycles. The normalized spacial score (nSPS) is 13.4. The van der Waals surface area contributed by atoms with Crippen LogP contribution < -0.4 is 0 Å². The van der Waals surface area contributed by atoms with Gasteiger partial charge in [-0.05, 0) is 48.8 Å². The van der Waals surface area contributed by atoms with Gasteiger partial charge in [0.2, 0.25) is 0 Å². The van der Waals surface area contributed by atoms with E-state index in [1.54, 1.807) is 0 Å². The number of pyridine rings is 1. The fraction of sp³-hybridized carbons (Fsp3) is 0.429. The molecule has 2 aromatic rings. The lowest BCUT2D eigenvalue weighted by Crippen LogP contribution is -2.28. The maximum Gasteiger partial charge on any atom is 0.341 e. The van der Waals surface area contributed by atoms with Gasteiger partial charge in [0.05, 0.1) is 12.7 Å². The minimum atomic E-state index is -0.866. The molecule has 108 valence electrons. The van der Waals surface area contributed by atoms with Crippen molar-refractivity contribution in [3.05, 3.63) is 34.7 Å². The summed E-state index contributed by atoms with van der Waals surface area (Å²) in [5.41, 5.74) is 0.757. The molecule has 0 spiro atoms. The first-order valence-electron chi connectivity index (χ1n) is 6.21. The summed E-state index contributed by atoms with van der Waals surface area (Å²) >= 11 is 3.47. The summed E-state index contributed by atoms with van der Waals surface area (Å²) in [6.45, 7) is 5.64. The number of carbonyl (C=O) groups excluding carboxylic acids is 1. The van der Waals surface area contributed by atoms with E-state index in [9.17, 15) is 4.79 Å². The molecular formula is C14H17BrN2O3. The van der Waals surface area contributed by atoms with Crippen LogP contribution in [0.4, 0.5) is 0 Å². The van der Waals surface area contributed by atoms with Gasteiger partial charge in [-0.3, -0.25) is 4.40 Å². The van der Waals surface area contributed by atoms with Crippen LogP contribution in [0.15, 0.2) is 29.0 Å². The van der Waals surface area contributed by atoms with Crippen LogP contribution in [0.2, 0.25) is 0 Å². The molecule has 2 rings (SSSR count). The largest absolute Gasteiger partial charge is 0.467 e. The zero-order valence-electron chi connectivity index (χ0n) is 11.9. The highest BCUT2D eigenvalue weighted by molar-refractivity contribution is 9.10. The highest BCUT2D eigenvalue weighted by Crippen LogP contribution is 2.30. The number of imidazole rings is 1. The number of aromatic nitrogens is 2. The van der Waals surface area contributed by atoms with Crippen LogP contribution >= 0.6 is 15.9 Å². The number of ether oxygens (including phenoxy) is 2. The topological polar surface area (TPSA) is 52.8 Å². The van der Waals surface area contributed by atoms with Gasteiger partial charge < -0.3 is 9.47 Å². The minimum absolute atomic E-state index is 0.468. The summed E-state index contributed by atoms with van der Waals surface area (Å²) in [4.78, 5) is 16.5. The van der Waals surface area contributed by atoms with E-state index in [4.69, 9.17) is 9.47 Å². The summed E-state index contributed by atoms with van der Waals surface area (Å²) < 4.78 is 13.2. The number of fused-ring (bicyclic) bond motifs is 1. The number of carbonyl (C=O) groups is 1. The summed E-state index contributed by atoms with van der Waals surface area (Å²) in [6.07, 6.45) is 0.996. The van der Waals surface area contributed by atoms with Crippen molar-refractivity contribution in [1.29, 1.82) is 0 Å². The molecule has 1 atom stereocenters. The second-order valence-electron chi connectivity index (χ2n) is 5.35. The second kappa shape index (κ2) is 5.54. The molecule has 0 aliphatic rings. The Balaban J connectivity index is 2.50. The third-order valence-electron chi connectivity index (χ3n) is 2.63. The van der Waals surface area contributed by atoms with Gasteiger partial charge in [0.1, 0.15) is 15.9 Å². The Morgan fingerprint density at radius 2 is 2.10 bits per heavy atom. The molecule has 1 unspecified atom stereocenters. The second-order valence-corrected chi connectivity index (χ2v) is 6.10. The van der Waals surface area contributed by atoms with E-state index in [0.717, 1.165) is 5.65 Å². The van der Waals surface area contributed by atoms with Crippen molar-refractivity contribution in [3.8, 4) is 0 Å². The van der Waals surface area contributed by atoms with Crippen molar-refractivity contribution >= 4 is 27.5 Å². The van der Waals surface area contributed by atoms with Crippen LogP contribution in [-0.2, 0) is 14.3 Å². The number of rotatable bonds is 3. The molecule has 0 fully saturated rings. The van der Waals surface area contributed by atoms with Crippen molar-refractivity contribution in [1.82, 2.24) is 9.38 Å². The SMILES string of the molecule is COC(=O)C(OC(C)(C)C)c1nc2ccccn2c1Br. The molecule has 5 nitrogen and oxygen atoms in total. The predicted octanol–water partition coefficient (Wildman–Crippen LogP) is 3.13. The van der Waals surface area contributed by atoms with E-state index in [2.05, 4.69) is 20.9 Å². The van der Waals surface area contributed by atoms with E-state index >= 15 is 0 Å². The summed E-state index contributed by atoms with van der Waals surface area (Å²) in [5.74, 6) is -0.468. The molecule has 0 saturated carbocycles. The van der Waals surface area contributed by atoms with Crippen LogP contribution in [0.1, 0.15) is 32.6 Å². The van der Waals surface area contributed by atoms with Gasteiger partial charge in [-0.25, -0.2) is 9.78 Å². The number of halogens is 1. The Morgan fingerprint density at radius 1 is 1.40 bits per heavy atom. The average Bonchev–Trinajstić information content (AvgIpc) is 2.72. The average molecular weight is 341 g/mol. The number of esters is 1. The maximum absolute atomic E-state index is 12.0. The molecular weight excluding hydrogens is 324 g/mol. The van der Waals surface area contributed by atoms with E-state index < -0.39 is 17.7 Å². The highest BCUT2D eigenvalue weighted by atomic mass is 79.9. The van der Waals surface area contributed by atoms with Crippen LogP contribution in [-0.4, -0.2) is 28.1 Å². The zero-order valence-corrected chi connectivity index (χ0v) is 13.5. The maximum atomic E-state index is 12.0. The summed E-state index contributed by atoms with van der Waals surface area (Å²) in [6, 6.07) is 5.64. The van der Waals surface area contributed by atoms with Gasteiger partial charge in [0.25, 0.3) is 0 Å². The van der Waals surface area contributed by atoms with Gasteiger partial charge in [0.15, 0.2) is 6.10 Å². The number of methoxy groups -OCH3 is 1. The standard InChI is InChI=1S/C14H17BrN2O3/c1-14(2,3)20-11(13(18)19-4)10-12(15)17-8-6-5-7-9(17)16-10/h5-8,11H,1-4H3. The predicted molar refractivity (Wildman–Crippen MR) is 78.5 cm³/mol. The van der Waals surface area contributed by atoms with Crippen LogP contribution in [0.3, 0.4) is 0 Å². The molecule has 0 radical (unpaired) electrons. The Labute approximate surface area is 126 Å². The fourth-order valence-electron chi connectivity index (χ4n) is 1.83. The van der Waals surface area contributed by atoms with Crippen molar-refractivity contribution in [2.75, 3.05) is 7.11 Å². The van der Waals surface area contributed by atoms with Gasteiger partial charge in [-0.15, -0.1) is 0 Å². The van der Waals surface area contributed by atoms with E-state index in [-0.39, 0.29) is 0 Å². The van der Waals surface area contributed by atoms with Crippen molar-refractivity contribution in [3.63, 3.8) is 0 Å². The molecule has 0 bridgehead atoms. The fourth-order valence-corrected chi connectivity index (χ4v) is 2.42. The van der Waals surface area contributed by atoms with Gasteiger partial charge >= 0.3 is 5.97 Å². The van der Waals surface area contributed by atoms with E-state index in [1.807, 2.05) is 49.6 Å². The first kappa shape index (κ1) is 15.0. The Bertz CT molecular complexity index is 631. The molecule has 20 heavy (non-hydrogen) atoms. The Morgan fingerprint density at radius 3 is 2.65 bits per heavy atom. The lowest BCUT2D eigenvalue weighted by atomic mass is 10.1. The molecule has 0 amide bonds. The minimum Gasteiger partial charge on any atom is -0.467 e. The van der Waals surface area contributed by atoms with Crippen molar-refractivity contribution in [2.45, 2.75) is 32.5 Å². The van der Waals surface area contributed by atoms with Crippen LogP contribution in [0.25, 0.3) is 5.65 Å². The molecule has 0 aliphatic heterocycles. The van der Waals surface area contributed by atoms with Crippen LogP contribution in [0, 0.1) is 0 Å². The molecule has 2 aromatic heterocycles. The van der Waals surface area contributed by atoms with E-state index in [0.29, 0.717) is 10.3 Å². The summed E-state index contributed by atoms with van der Waals surface area (Å²) in [7, 11) is 1.34. The highest BCUT2D eigenvalue weighted by Gasteiger charge is 2.32. The van der Waals surface area contributed by atoms with Gasteiger partial charge in [-0.1, -0.05) is 6.07 Å². The molecule has 0 aromatic carbocycles. The Hall–Kier alpha value is -1.40. The first-order valence-corrected chi connectivity index (χ1v) is 7.01. The third kappa shape index (κ3) is 3.02. The molecule has 0 saturated heterocycles. The smallest absolute Gasteiger partial charge is 0.341 e. The number of nitrogens with zero attached hydrogens (tertiary/aromatic N) is 2. The molecule has 2 heterocycles. The third-order valence-corrected chi connectivity index (χ3v) is 3.42. The first-order chi connectivity index (χ1) is 9.33. The zero-order chi connectivity index (χ0) is 14.9. The molecule has 0 N–H and O–H groups in total. The lowest BCUT2D eigenvalue weighted by molar-refractivity contribution is -0.164. The monoisotopic (exact) mass is 340 g/mol. The van der Waals surface area contributed by atoms with Crippen molar-refractivity contribution < 1.29 is 14.3 Å². The number of hydrogen-bond donors (Lipinski definition) is 0. The van der Waals surface area contributed by atoms with Gasteiger partial charge in [-0.2, -0.15) is 0 Å².